The molecule has 2 aliphatic rings. The lowest BCUT2D eigenvalue weighted by Crippen LogP contribution is -2.29. The van der Waals surface area contributed by atoms with Crippen LogP contribution in [0.25, 0.3) is 32.3 Å². The molecule has 2 aliphatic carbocycles. The first-order valence-corrected chi connectivity index (χ1v) is 21.6. The van der Waals surface area contributed by atoms with Crippen LogP contribution in [-0.2, 0) is 10.8 Å². The summed E-state index contributed by atoms with van der Waals surface area (Å²) in [6, 6.07) is 85.9. The molecule has 0 N–H and O–H groups in total. The quantitative estimate of drug-likeness (QED) is 0.156. The van der Waals surface area contributed by atoms with Crippen molar-refractivity contribution in [3.05, 3.63) is 280 Å². The highest BCUT2D eigenvalue weighted by Gasteiger charge is 2.48. The lowest BCUT2D eigenvalue weighted by Gasteiger charge is -2.36. The molecule has 1 heterocycles. The minimum absolute atomic E-state index is 0.514. The van der Waals surface area contributed by atoms with E-state index >= 15 is 0 Å². The van der Waals surface area contributed by atoms with Crippen LogP contribution < -0.4 is 4.90 Å². The molecule has 0 radical (unpaired) electrons. The summed E-state index contributed by atoms with van der Waals surface area (Å²) in [4.78, 5) is 2.52. The highest BCUT2D eigenvalue weighted by molar-refractivity contribution is 7.17. The Kier molecular flexibility index (Phi) is 7.91. The number of hydrogen-bond acceptors (Lipinski definition) is 2. The predicted molar refractivity (Wildman–Crippen MR) is 251 cm³/mol. The van der Waals surface area contributed by atoms with Gasteiger partial charge in [0, 0.05) is 21.5 Å². The van der Waals surface area contributed by atoms with Crippen molar-refractivity contribution in [2.75, 3.05) is 4.90 Å². The Morgan fingerprint density at radius 3 is 1.17 bits per heavy atom. The van der Waals surface area contributed by atoms with Crippen molar-refractivity contribution in [2.45, 2.75) is 10.8 Å². The number of benzene rings is 9. The van der Waals surface area contributed by atoms with E-state index in [1.807, 2.05) is 0 Å². The lowest BCUT2D eigenvalue weighted by molar-refractivity contribution is 0.767. The lowest BCUT2D eigenvalue weighted by atomic mass is 9.67. The van der Waals surface area contributed by atoms with E-state index in [-0.39, 0.29) is 0 Å². The molecule has 0 aliphatic heterocycles. The third-order valence-electron chi connectivity index (χ3n) is 13.1. The van der Waals surface area contributed by atoms with Crippen molar-refractivity contribution in [1.29, 1.82) is 0 Å². The smallest absolute Gasteiger partial charge is 0.0714 e. The van der Waals surface area contributed by atoms with Crippen molar-refractivity contribution in [3.63, 3.8) is 0 Å². The number of anilines is 3. The van der Waals surface area contributed by atoms with Crippen LogP contribution in [0.4, 0.5) is 17.1 Å². The maximum absolute atomic E-state index is 2.52. The third kappa shape index (κ3) is 4.86. The van der Waals surface area contributed by atoms with Gasteiger partial charge in [0.2, 0.25) is 0 Å². The van der Waals surface area contributed by atoms with Crippen LogP contribution in [0.5, 0.6) is 0 Å². The van der Waals surface area contributed by atoms with Gasteiger partial charge in [-0.15, -0.1) is 11.3 Å². The number of hydrogen-bond donors (Lipinski definition) is 0. The Hall–Kier alpha value is -7.26. The summed E-state index contributed by atoms with van der Waals surface area (Å²) in [6.07, 6.45) is 0. The van der Waals surface area contributed by atoms with Gasteiger partial charge in [0.25, 0.3) is 0 Å². The summed E-state index contributed by atoms with van der Waals surface area (Å²) in [6.45, 7) is 0. The van der Waals surface area contributed by atoms with Gasteiger partial charge in [-0.3, -0.25) is 0 Å². The molecule has 10 aromatic rings. The van der Waals surface area contributed by atoms with Crippen LogP contribution in [0.2, 0.25) is 0 Å². The molecule has 0 fully saturated rings. The second-order valence-electron chi connectivity index (χ2n) is 16.0. The molecule has 1 nitrogen and oxygen atoms in total. The van der Waals surface area contributed by atoms with Gasteiger partial charge in [0.05, 0.1) is 16.5 Å². The molecule has 0 spiro atoms. The molecule has 0 saturated carbocycles. The monoisotopic (exact) mass is 781 g/mol. The van der Waals surface area contributed by atoms with Crippen molar-refractivity contribution < 1.29 is 0 Å². The molecule has 0 saturated heterocycles. The zero-order valence-corrected chi connectivity index (χ0v) is 33.7. The van der Waals surface area contributed by atoms with Gasteiger partial charge in [-0.25, -0.2) is 0 Å². The summed E-state index contributed by atoms with van der Waals surface area (Å²) >= 11 is 1.79. The Morgan fingerprint density at radius 2 is 0.717 bits per heavy atom. The van der Waals surface area contributed by atoms with E-state index in [1.54, 1.807) is 11.3 Å². The van der Waals surface area contributed by atoms with Gasteiger partial charge in [-0.1, -0.05) is 188 Å². The summed E-state index contributed by atoms with van der Waals surface area (Å²) in [5, 5.41) is 3.46. The standard InChI is InChI=1S/C58H39NS/c1-5-18-40(19-6-1)57(41-20-7-2-8-21-41)51-28-15-13-26-46(51)48-34-32-44(38-53(48)57)59(55-30-17-31-56-50(55)36-37-60-56)45-33-35-49-47-27-14-16-29-52(47)58(54(49)39-45,42-22-9-3-10-23-42)43-24-11-4-12-25-43/h1-39H. The Morgan fingerprint density at radius 1 is 0.317 bits per heavy atom. The van der Waals surface area contributed by atoms with E-state index < -0.39 is 10.8 Å². The Bertz CT molecular complexity index is 2940. The largest absolute Gasteiger partial charge is 0.310 e. The van der Waals surface area contributed by atoms with E-state index in [1.165, 1.54) is 76.8 Å². The van der Waals surface area contributed by atoms with Crippen LogP contribution in [0, 0.1) is 0 Å². The SMILES string of the molecule is c1ccc(C2(c3ccccc3)c3ccccc3-c3ccc(N(c4ccc5c(c4)C(c4ccccc4)(c4ccccc4)c4ccccc4-5)c4cccc5sccc45)cc32)cc1. The van der Waals surface area contributed by atoms with Crippen LogP contribution in [0.15, 0.2) is 236 Å². The first-order valence-electron chi connectivity index (χ1n) is 20.8. The van der Waals surface area contributed by atoms with Gasteiger partial charge in [-0.2, -0.15) is 0 Å². The fourth-order valence-corrected chi connectivity index (χ4v) is 11.6. The fraction of sp³-hybridized carbons (Fsp3) is 0.0345. The number of rotatable bonds is 7. The molecule has 0 unspecified atom stereocenters. The van der Waals surface area contributed by atoms with Crippen LogP contribution >= 0.6 is 11.3 Å². The van der Waals surface area contributed by atoms with E-state index in [0.717, 1.165) is 17.1 Å². The average Bonchev–Trinajstić information content (AvgIpc) is 4.01. The number of fused-ring (bicyclic) bond motifs is 7. The highest BCUT2D eigenvalue weighted by atomic mass is 32.1. The molecule has 12 rings (SSSR count). The van der Waals surface area contributed by atoms with Crippen molar-refractivity contribution >= 4 is 38.5 Å². The van der Waals surface area contributed by atoms with Gasteiger partial charge in [0.1, 0.15) is 0 Å². The summed E-state index contributed by atoms with van der Waals surface area (Å²) in [5.74, 6) is 0. The molecule has 1 aromatic heterocycles. The molecular formula is C58H39NS. The van der Waals surface area contributed by atoms with E-state index in [0.29, 0.717) is 0 Å². The Balaban J connectivity index is 1.16. The maximum Gasteiger partial charge on any atom is 0.0714 e. The van der Waals surface area contributed by atoms with Crippen molar-refractivity contribution in [1.82, 2.24) is 0 Å². The summed E-state index contributed by atoms with van der Waals surface area (Å²) < 4.78 is 1.27. The minimum Gasteiger partial charge on any atom is -0.310 e. The van der Waals surface area contributed by atoms with E-state index in [2.05, 4.69) is 241 Å². The molecule has 2 heteroatoms. The molecule has 0 bridgehead atoms. The van der Waals surface area contributed by atoms with Gasteiger partial charge in [-0.05, 0) is 115 Å². The number of thiophene rings is 1. The minimum atomic E-state index is -0.514. The van der Waals surface area contributed by atoms with Gasteiger partial charge >= 0.3 is 0 Å². The van der Waals surface area contributed by atoms with Gasteiger partial charge < -0.3 is 4.90 Å². The summed E-state index contributed by atoms with van der Waals surface area (Å²) in [7, 11) is 0. The second-order valence-corrected chi connectivity index (χ2v) is 16.9. The topological polar surface area (TPSA) is 3.24 Å². The van der Waals surface area contributed by atoms with E-state index in [9.17, 15) is 0 Å². The first-order chi connectivity index (χ1) is 29.8. The normalized spacial score (nSPS) is 13.9. The molecule has 60 heavy (non-hydrogen) atoms. The zero-order valence-electron chi connectivity index (χ0n) is 32.9. The Labute approximate surface area is 355 Å². The van der Waals surface area contributed by atoms with Gasteiger partial charge in [0.15, 0.2) is 0 Å². The second kappa shape index (κ2) is 13.7. The van der Waals surface area contributed by atoms with Crippen LogP contribution in [-0.4, -0.2) is 0 Å². The third-order valence-corrected chi connectivity index (χ3v) is 14.0. The summed E-state index contributed by atoms with van der Waals surface area (Å²) in [5.41, 5.74) is 17.7. The van der Waals surface area contributed by atoms with Crippen LogP contribution in [0.1, 0.15) is 44.5 Å². The molecule has 9 aromatic carbocycles. The van der Waals surface area contributed by atoms with Crippen molar-refractivity contribution in [2.24, 2.45) is 0 Å². The predicted octanol–water partition coefficient (Wildman–Crippen LogP) is 15.1. The zero-order chi connectivity index (χ0) is 39.7. The van der Waals surface area contributed by atoms with E-state index in [4.69, 9.17) is 0 Å². The van der Waals surface area contributed by atoms with Crippen molar-refractivity contribution in [3.8, 4) is 22.3 Å². The first kappa shape index (κ1) is 34.8. The molecule has 282 valence electrons. The highest BCUT2D eigenvalue weighted by Crippen LogP contribution is 2.59. The molecule has 0 amide bonds. The average molecular weight is 782 g/mol. The molecular weight excluding hydrogens is 743 g/mol. The maximum atomic E-state index is 2.52. The van der Waals surface area contributed by atoms with Crippen LogP contribution in [0.3, 0.4) is 0 Å². The number of nitrogens with zero attached hydrogens (tertiary/aromatic N) is 1. The molecule has 0 atom stereocenters. The fourth-order valence-electron chi connectivity index (χ4n) is 10.7.